The molecule has 0 bridgehead atoms. The van der Waals surface area contributed by atoms with Gasteiger partial charge in [0.1, 0.15) is 11.1 Å². The number of carboxylic acids is 1. The van der Waals surface area contributed by atoms with Gasteiger partial charge in [-0.3, -0.25) is 14.9 Å². The van der Waals surface area contributed by atoms with Gasteiger partial charge in [0.15, 0.2) is 0 Å². The van der Waals surface area contributed by atoms with Crippen molar-refractivity contribution in [1.82, 2.24) is 5.32 Å². The molecule has 20 heavy (non-hydrogen) atoms. The summed E-state index contributed by atoms with van der Waals surface area (Å²) in [5.74, 6) is -1.92. The lowest BCUT2D eigenvalue weighted by atomic mass is 10.1. The maximum atomic E-state index is 11.9. The van der Waals surface area contributed by atoms with Gasteiger partial charge in [0.05, 0.1) is 10.5 Å². The molecule has 0 aliphatic carbocycles. The van der Waals surface area contributed by atoms with Crippen LogP contribution in [0.4, 0.5) is 5.69 Å². The molecule has 7 nitrogen and oxygen atoms in total. The van der Waals surface area contributed by atoms with Crippen LogP contribution >= 0.6 is 11.6 Å². The van der Waals surface area contributed by atoms with E-state index in [4.69, 9.17) is 16.7 Å². The molecule has 1 rings (SSSR count). The molecule has 1 amide bonds. The Morgan fingerprint density at radius 3 is 2.65 bits per heavy atom. The quantitative estimate of drug-likeness (QED) is 0.618. The Labute approximate surface area is 119 Å². The number of hydrogen-bond acceptors (Lipinski definition) is 4. The smallest absolute Gasteiger partial charge is 0.326 e. The first-order chi connectivity index (χ1) is 9.38. The number of nitro groups is 1. The number of rotatable bonds is 6. The standard InChI is InChI=1S/C12H13ClN2O5/c1-2-4-8(12(17)18)14-11(16)7-5-3-6-9(10(7)13)15(19)20/h3,5-6,8H,2,4H2,1H3,(H,14,16)(H,17,18)/t8-/m1/s1. The summed E-state index contributed by atoms with van der Waals surface area (Å²) in [4.78, 5) is 32.9. The molecule has 0 spiro atoms. The largest absolute Gasteiger partial charge is 0.480 e. The molecule has 0 aromatic heterocycles. The van der Waals surface area contributed by atoms with Crippen LogP contribution in [-0.4, -0.2) is 27.9 Å². The zero-order chi connectivity index (χ0) is 15.3. The Bertz CT molecular complexity index is 547. The minimum Gasteiger partial charge on any atom is -0.480 e. The molecule has 0 heterocycles. The van der Waals surface area contributed by atoms with Crippen LogP contribution in [0.5, 0.6) is 0 Å². The van der Waals surface area contributed by atoms with E-state index in [1.165, 1.54) is 18.2 Å². The molecule has 1 atom stereocenters. The number of carbonyl (C=O) groups excluding carboxylic acids is 1. The minimum atomic E-state index is -1.17. The normalized spacial score (nSPS) is 11.7. The number of benzene rings is 1. The van der Waals surface area contributed by atoms with E-state index in [9.17, 15) is 19.7 Å². The van der Waals surface area contributed by atoms with Crippen molar-refractivity contribution in [2.45, 2.75) is 25.8 Å². The molecule has 0 aliphatic rings. The number of aliphatic carboxylic acids is 1. The van der Waals surface area contributed by atoms with Crippen LogP contribution in [0, 0.1) is 10.1 Å². The van der Waals surface area contributed by atoms with Crippen molar-refractivity contribution in [3.05, 3.63) is 38.9 Å². The fourth-order valence-electron chi connectivity index (χ4n) is 1.62. The molecular formula is C12H13ClN2O5. The van der Waals surface area contributed by atoms with Crippen molar-refractivity contribution in [2.75, 3.05) is 0 Å². The van der Waals surface area contributed by atoms with Gasteiger partial charge < -0.3 is 10.4 Å². The van der Waals surface area contributed by atoms with Gasteiger partial charge in [0.2, 0.25) is 0 Å². The van der Waals surface area contributed by atoms with Gasteiger partial charge in [0.25, 0.3) is 11.6 Å². The van der Waals surface area contributed by atoms with E-state index in [2.05, 4.69) is 5.32 Å². The first-order valence-corrected chi connectivity index (χ1v) is 6.22. The van der Waals surface area contributed by atoms with Crippen LogP contribution in [0.2, 0.25) is 5.02 Å². The van der Waals surface area contributed by atoms with Crippen LogP contribution in [-0.2, 0) is 4.79 Å². The van der Waals surface area contributed by atoms with E-state index >= 15 is 0 Å². The summed E-state index contributed by atoms with van der Waals surface area (Å²) in [7, 11) is 0. The summed E-state index contributed by atoms with van der Waals surface area (Å²) in [6.45, 7) is 1.78. The second-order valence-electron chi connectivity index (χ2n) is 4.05. The van der Waals surface area contributed by atoms with Gasteiger partial charge in [-0.2, -0.15) is 0 Å². The van der Waals surface area contributed by atoms with E-state index in [0.29, 0.717) is 6.42 Å². The first kappa shape index (κ1) is 15.9. The number of nitro benzene ring substituents is 1. The zero-order valence-electron chi connectivity index (χ0n) is 10.6. The Balaban J connectivity index is 3.00. The minimum absolute atomic E-state index is 0.122. The SMILES string of the molecule is CCC[C@@H](NC(=O)c1cccc([N+](=O)[O-])c1Cl)C(=O)O. The average Bonchev–Trinajstić information content (AvgIpc) is 2.37. The van der Waals surface area contributed by atoms with Crippen LogP contribution < -0.4 is 5.32 Å². The molecule has 8 heteroatoms. The van der Waals surface area contributed by atoms with Crippen LogP contribution in [0.3, 0.4) is 0 Å². The van der Waals surface area contributed by atoms with E-state index in [0.717, 1.165) is 0 Å². The molecule has 2 N–H and O–H groups in total. The molecule has 1 aromatic carbocycles. The molecule has 108 valence electrons. The number of hydrogen-bond donors (Lipinski definition) is 2. The Kier molecular flexibility index (Phi) is 5.45. The number of amides is 1. The Hall–Kier alpha value is -2.15. The second kappa shape index (κ2) is 6.85. The molecule has 0 unspecified atom stereocenters. The number of nitrogens with zero attached hydrogens (tertiary/aromatic N) is 1. The molecule has 0 radical (unpaired) electrons. The third-order valence-corrected chi connectivity index (χ3v) is 3.00. The lowest BCUT2D eigenvalue weighted by molar-refractivity contribution is -0.384. The molecule has 0 saturated carbocycles. The monoisotopic (exact) mass is 300 g/mol. The Morgan fingerprint density at radius 1 is 1.50 bits per heavy atom. The van der Waals surface area contributed by atoms with E-state index < -0.39 is 28.5 Å². The van der Waals surface area contributed by atoms with Crippen LogP contribution in [0.25, 0.3) is 0 Å². The highest BCUT2D eigenvalue weighted by Crippen LogP contribution is 2.27. The summed E-state index contributed by atoms with van der Waals surface area (Å²) in [6, 6.07) is 2.73. The van der Waals surface area contributed by atoms with E-state index in [1.807, 2.05) is 0 Å². The zero-order valence-corrected chi connectivity index (χ0v) is 11.4. The molecular weight excluding hydrogens is 288 g/mol. The summed E-state index contributed by atoms with van der Waals surface area (Å²) in [6.07, 6.45) is 0.827. The van der Waals surface area contributed by atoms with Crippen molar-refractivity contribution in [2.24, 2.45) is 0 Å². The van der Waals surface area contributed by atoms with Crippen molar-refractivity contribution < 1.29 is 19.6 Å². The highest BCUT2D eigenvalue weighted by molar-refractivity contribution is 6.35. The number of carboxylic acid groups (broad SMARTS) is 1. The van der Waals surface area contributed by atoms with Gasteiger partial charge >= 0.3 is 5.97 Å². The maximum absolute atomic E-state index is 11.9. The van der Waals surface area contributed by atoms with Crippen molar-refractivity contribution >= 4 is 29.2 Å². The summed E-state index contributed by atoms with van der Waals surface area (Å²) >= 11 is 5.79. The van der Waals surface area contributed by atoms with Gasteiger partial charge in [-0.15, -0.1) is 0 Å². The average molecular weight is 301 g/mol. The Morgan fingerprint density at radius 2 is 2.15 bits per heavy atom. The first-order valence-electron chi connectivity index (χ1n) is 5.85. The lowest BCUT2D eigenvalue weighted by Gasteiger charge is -2.14. The number of carbonyl (C=O) groups is 2. The summed E-state index contributed by atoms with van der Waals surface area (Å²) in [5, 5.41) is 21.7. The summed E-state index contributed by atoms with van der Waals surface area (Å²) in [5.41, 5.74) is -0.523. The third kappa shape index (κ3) is 3.67. The molecule has 0 aliphatic heterocycles. The lowest BCUT2D eigenvalue weighted by Crippen LogP contribution is -2.40. The number of nitrogens with one attached hydrogen (secondary N) is 1. The topological polar surface area (TPSA) is 110 Å². The predicted molar refractivity (Wildman–Crippen MR) is 71.9 cm³/mol. The van der Waals surface area contributed by atoms with Gasteiger partial charge in [-0.25, -0.2) is 4.79 Å². The van der Waals surface area contributed by atoms with E-state index in [1.54, 1.807) is 6.92 Å². The predicted octanol–water partition coefficient (Wildman–Crippen LogP) is 2.23. The highest BCUT2D eigenvalue weighted by atomic mass is 35.5. The van der Waals surface area contributed by atoms with E-state index in [-0.39, 0.29) is 17.0 Å². The van der Waals surface area contributed by atoms with Crippen molar-refractivity contribution in [3.8, 4) is 0 Å². The third-order valence-electron chi connectivity index (χ3n) is 2.60. The van der Waals surface area contributed by atoms with Crippen molar-refractivity contribution in [1.29, 1.82) is 0 Å². The van der Waals surface area contributed by atoms with Gasteiger partial charge in [-0.05, 0) is 12.5 Å². The van der Waals surface area contributed by atoms with Crippen LogP contribution in [0.15, 0.2) is 18.2 Å². The second-order valence-corrected chi connectivity index (χ2v) is 4.43. The highest BCUT2D eigenvalue weighted by Gasteiger charge is 2.24. The molecule has 0 fully saturated rings. The fourth-order valence-corrected chi connectivity index (χ4v) is 1.90. The molecule has 0 saturated heterocycles. The number of halogens is 1. The van der Waals surface area contributed by atoms with Crippen LogP contribution in [0.1, 0.15) is 30.1 Å². The van der Waals surface area contributed by atoms with Gasteiger partial charge in [-0.1, -0.05) is 31.0 Å². The van der Waals surface area contributed by atoms with Gasteiger partial charge in [0, 0.05) is 6.07 Å². The fraction of sp³-hybridized carbons (Fsp3) is 0.333. The summed E-state index contributed by atoms with van der Waals surface area (Å²) < 4.78 is 0. The molecule has 1 aromatic rings. The maximum Gasteiger partial charge on any atom is 0.326 e. The van der Waals surface area contributed by atoms with Crippen molar-refractivity contribution in [3.63, 3.8) is 0 Å².